The molecule has 0 aliphatic carbocycles. The first-order valence-electron chi connectivity index (χ1n) is 5.40. The summed E-state index contributed by atoms with van der Waals surface area (Å²) in [7, 11) is 0. The fourth-order valence-corrected chi connectivity index (χ4v) is 2.14. The summed E-state index contributed by atoms with van der Waals surface area (Å²) in [5.74, 6) is 0.0362. The minimum Gasteiger partial charge on any atom is -0.472 e. The highest BCUT2D eigenvalue weighted by Crippen LogP contribution is 2.22. The average molecular weight is 297 g/mol. The third kappa shape index (κ3) is 2.34. The van der Waals surface area contributed by atoms with Crippen molar-refractivity contribution in [1.82, 2.24) is 9.78 Å². The Labute approximate surface area is 108 Å². The lowest BCUT2D eigenvalue weighted by Gasteiger charge is -2.03. The number of ketones is 1. The lowest BCUT2D eigenvalue weighted by Crippen LogP contribution is -2.09. The van der Waals surface area contributed by atoms with E-state index in [1.54, 1.807) is 6.07 Å². The van der Waals surface area contributed by atoms with Crippen molar-refractivity contribution in [2.45, 2.75) is 26.8 Å². The molecular formula is C12H13BrN2O2. The molecule has 0 aromatic carbocycles. The molecule has 0 saturated heterocycles. The SMILES string of the molecule is CCn1nc(C)c(Br)c1CC(=O)c1ccoc1. The molecule has 2 rings (SSSR count). The van der Waals surface area contributed by atoms with Crippen molar-refractivity contribution in [1.29, 1.82) is 0 Å². The van der Waals surface area contributed by atoms with E-state index < -0.39 is 0 Å². The van der Waals surface area contributed by atoms with Crippen LogP contribution in [0, 0.1) is 6.92 Å². The largest absolute Gasteiger partial charge is 0.472 e. The Balaban J connectivity index is 2.27. The number of halogens is 1. The molecule has 2 aromatic heterocycles. The maximum absolute atomic E-state index is 12.0. The Hall–Kier alpha value is -1.36. The molecule has 2 heterocycles. The molecule has 17 heavy (non-hydrogen) atoms. The smallest absolute Gasteiger partial charge is 0.172 e. The van der Waals surface area contributed by atoms with Gasteiger partial charge >= 0.3 is 0 Å². The molecule has 0 amide bonds. The van der Waals surface area contributed by atoms with E-state index in [1.165, 1.54) is 12.5 Å². The molecule has 0 atom stereocenters. The maximum Gasteiger partial charge on any atom is 0.172 e. The first kappa shape index (κ1) is 12.1. The summed E-state index contributed by atoms with van der Waals surface area (Å²) < 4.78 is 7.67. The highest BCUT2D eigenvalue weighted by molar-refractivity contribution is 9.10. The minimum absolute atomic E-state index is 0.0362. The van der Waals surface area contributed by atoms with E-state index in [0.717, 1.165) is 22.4 Å². The van der Waals surface area contributed by atoms with Crippen molar-refractivity contribution >= 4 is 21.7 Å². The van der Waals surface area contributed by atoms with Crippen molar-refractivity contribution in [3.8, 4) is 0 Å². The number of carbonyl (C=O) groups is 1. The third-order valence-corrected chi connectivity index (χ3v) is 3.66. The number of hydrogen-bond acceptors (Lipinski definition) is 3. The Bertz CT molecular complexity index is 529. The van der Waals surface area contributed by atoms with E-state index in [9.17, 15) is 4.79 Å². The Kier molecular flexibility index (Phi) is 3.47. The van der Waals surface area contributed by atoms with Gasteiger partial charge < -0.3 is 4.42 Å². The third-order valence-electron chi connectivity index (χ3n) is 2.62. The zero-order valence-electron chi connectivity index (χ0n) is 9.74. The average Bonchev–Trinajstić information content (AvgIpc) is 2.92. The topological polar surface area (TPSA) is 48.0 Å². The van der Waals surface area contributed by atoms with Gasteiger partial charge in [0.2, 0.25) is 0 Å². The quantitative estimate of drug-likeness (QED) is 0.815. The molecule has 5 heteroatoms. The molecule has 0 bridgehead atoms. The zero-order chi connectivity index (χ0) is 12.4. The van der Waals surface area contributed by atoms with E-state index in [0.29, 0.717) is 12.0 Å². The van der Waals surface area contributed by atoms with Gasteiger partial charge in [-0.15, -0.1) is 0 Å². The number of rotatable bonds is 4. The lowest BCUT2D eigenvalue weighted by atomic mass is 10.1. The molecular weight excluding hydrogens is 284 g/mol. The van der Waals surface area contributed by atoms with E-state index >= 15 is 0 Å². The second-order valence-electron chi connectivity index (χ2n) is 3.77. The summed E-state index contributed by atoms with van der Waals surface area (Å²) in [6.07, 6.45) is 3.30. The number of nitrogens with zero attached hydrogens (tertiary/aromatic N) is 2. The summed E-state index contributed by atoms with van der Waals surface area (Å²) >= 11 is 3.47. The van der Waals surface area contributed by atoms with Gasteiger partial charge in [0, 0.05) is 6.54 Å². The Morgan fingerprint density at radius 1 is 1.59 bits per heavy atom. The standard InChI is InChI=1S/C12H13BrN2O2/c1-3-15-10(12(13)8(2)14-15)6-11(16)9-4-5-17-7-9/h4-5,7H,3,6H2,1-2H3. The number of Topliss-reactive ketones (excluding diaryl/α,β-unsaturated/α-hetero) is 1. The molecule has 0 saturated carbocycles. The van der Waals surface area contributed by atoms with Gasteiger partial charge in [-0.2, -0.15) is 5.10 Å². The first-order chi connectivity index (χ1) is 8.13. The fraction of sp³-hybridized carbons (Fsp3) is 0.333. The van der Waals surface area contributed by atoms with Crippen LogP contribution in [0.4, 0.5) is 0 Å². The van der Waals surface area contributed by atoms with Gasteiger partial charge in [0.1, 0.15) is 6.26 Å². The van der Waals surface area contributed by atoms with Crippen LogP contribution in [0.3, 0.4) is 0 Å². The van der Waals surface area contributed by atoms with Crippen molar-refractivity contribution in [2.24, 2.45) is 0 Å². The van der Waals surface area contributed by atoms with Crippen LogP contribution >= 0.6 is 15.9 Å². The normalized spacial score (nSPS) is 10.8. The first-order valence-corrected chi connectivity index (χ1v) is 6.20. The second-order valence-corrected chi connectivity index (χ2v) is 4.57. The zero-order valence-corrected chi connectivity index (χ0v) is 11.3. The summed E-state index contributed by atoms with van der Waals surface area (Å²) in [4.78, 5) is 12.0. The highest BCUT2D eigenvalue weighted by Gasteiger charge is 2.17. The van der Waals surface area contributed by atoms with Crippen LogP contribution in [0.25, 0.3) is 0 Å². The van der Waals surface area contributed by atoms with E-state index in [1.807, 2.05) is 18.5 Å². The number of aryl methyl sites for hydroxylation is 2. The lowest BCUT2D eigenvalue weighted by molar-refractivity contribution is 0.0989. The van der Waals surface area contributed by atoms with Crippen LogP contribution in [-0.4, -0.2) is 15.6 Å². The van der Waals surface area contributed by atoms with Gasteiger partial charge in [0.25, 0.3) is 0 Å². The molecule has 0 unspecified atom stereocenters. The van der Waals surface area contributed by atoms with E-state index in [2.05, 4.69) is 21.0 Å². The van der Waals surface area contributed by atoms with Crippen LogP contribution in [0.15, 0.2) is 27.5 Å². The van der Waals surface area contributed by atoms with Gasteiger partial charge in [-0.05, 0) is 35.8 Å². The van der Waals surface area contributed by atoms with Gasteiger partial charge in [0.15, 0.2) is 5.78 Å². The summed E-state index contributed by atoms with van der Waals surface area (Å²) in [5.41, 5.74) is 2.41. The molecule has 0 aliphatic heterocycles. The number of aromatic nitrogens is 2. The molecule has 2 aromatic rings. The van der Waals surface area contributed by atoms with E-state index in [-0.39, 0.29) is 5.78 Å². The van der Waals surface area contributed by atoms with Crippen molar-refractivity contribution < 1.29 is 9.21 Å². The van der Waals surface area contributed by atoms with Crippen LogP contribution in [0.5, 0.6) is 0 Å². The molecule has 0 fully saturated rings. The minimum atomic E-state index is 0.0362. The fourth-order valence-electron chi connectivity index (χ4n) is 1.72. The summed E-state index contributed by atoms with van der Waals surface area (Å²) in [5, 5.41) is 4.36. The van der Waals surface area contributed by atoms with Crippen molar-refractivity contribution in [3.63, 3.8) is 0 Å². The molecule has 0 radical (unpaired) electrons. The molecule has 0 N–H and O–H groups in total. The molecule has 4 nitrogen and oxygen atoms in total. The van der Waals surface area contributed by atoms with Crippen LogP contribution in [0.1, 0.15) is 28.7 Å². The van der Waals surface area contributed by atoms with Gasteiger partial charge in [-0.3, -0.25) is 9.48 Å². The van der Waals surface area contributed by atoms with Crippen LogP contribution in [0.2, 0.25) is 0 Å². The Morgan fingerprint density at radius 3 is 2.94 bits per heavy atom. The summed E-state index contributed by atoms with van der Waals surface area (Å²) in [6, 6.07) is 1.68. The van der Waals surface area contributed by atoms with Crippen molar-refractivity contribution in [3.05, 3.63) is 40.0 Å². The van der Waals surface area contributed by atoms with Crippen molar-refractivity contribution in [2.75, 3.05) is 0 Å². The number of hydrogen-bond donors (Lipinski definition) is 0. The molecule has 0 aliphatic rings. The second kappa shape index (κ2) is 4.87. The predicted octanol–water partition coefficient (Wildman–Crippen LogP) is 2.99. The van der Waals surface area contributed by atoms with Gasteiger partial charge in [0.05, 0.1) is 34.1 Å². The highest BCUT2D eigenvalue weighted by atomic mass is 79.9. The molecule has 0 spiro atoms. The van der Waals surface area contributed by atoms with Crippen LogP contribution in [-0.2, 0) is 13.0 Å². The molecule has 90 valence electrons. The number of furan rings is 1. The predicted molar refractivity (Wildman–Crippen MR) is 67.1 cm³/mol. The Morgan fingerprint density at radius 2 is 2.35 bits per heavy atom. The van der Waals surface area contributed by atoms with Gasteiger partial charge in [-0.1, -0.05) is 0 Å². The summed E-state index contributed by atoms with van der Waals surface area (Å²) in [6.45, 7) is 4.67. The van der Waals surface area contributed by atoms with Gasteiger partial charge in [-0.25, -0.2) is 0 Å². The number of carbonyl (C=O) groups excluding carboxylic acids is 1. The van der Waals surface area contributed by atoms with Crippen LogP contribution < -0.4 is 0 Å². The van der Waals surface area contributed by atoms with E-state index in [4.69, 9.17) is 4.42 Å². The maximum atomic E-state index is 12.0. The monoisotopic (exact) mass is 296 g/mol.